The first kappa shape index (κ1) is 11.9. The zero-order valence-corrected chi connectivity index (χ0v) is 10.7. The molecule has 0 N–H and O–H groups in total. The second-order valence-corrected chi connectivity index (χ2v) is 4.77. The van der Waals surface area contributed by atoms with Gasteiger partial charge in [0, 0.05) is 25.3 Å². The van der Waals surface area contributed by atoms with Gasteiger partial charge in [-0.25, -0.2) is 4.98 Å². The average molecular weight is 242 g/mol. The van der Waals surface area contributed by atoms with Crippen LogP contribution in [0.5, 0.6) is 0 Å². The molecule has 0 aliphatic carbocycles. The van der Waals surface area contributed by atoms with Gasteiger partial charge in [0.15, 0.2) is 0 Å². The Kier molecular flexibility index (Phi) is 4.24. The molecule has 2 heterocycles. The number of imidazole rings is 1. The Morgan fingerprint density at radius 2 is 2.19 bits per heavy atom. The van der Waals surface area contributed by atoms with Crippen LogP contribution >= 0.6 is 11.6 Å². The maximum Gasteiger partial charge on any atom is 0.0951 e. The fourth-order valence-corrected chi connectivity index (χ4v) is 2.71. The standard InChI is InChI=1S/C12H20ClN3/c1-2-5-15-6-3-11(4-7-15)16-10-14-9-12(16)8-13/h9-11H,2-8H2,1H3. The van der Waals surface area contributed by atoms with E-state index in [-0.39, 0.29) is 0 Å². The predicted molar refractivity (Wildman–Crippen MR) is 66.8 cm³/mol. The second-order valence-electron chi connectivity index (χ2n) is 4.50. The lowest BCUT2D eigenvalue weighted by Crippen LogP contribution is -2.35. The van der Waals surface area contributed by atoms with Crippen molar-refractivity contribution in [3.8, 4) is 0 Å². The molecule has 0 radical (unpaired) electrons. The Hall–Kier alpha value is -0.540. The Morgan fingerprint density at radius 1 is 1.44 bits per heavy atom. The van der Waals surface area contributed by atoms with Gasteiger partial charge in [-0.05, 0) is 25.8 Å². The van der Waals surface area contributed by atoms with Gasteiger partial charge in [-0.3, -0.25) is 0 Å². The van der Waals surface area contributed by atoms with Crippen LogP contribution in [0.2, 0.25) is 0 Å². The van der Waals surface area contributed by atoms with Crippen molar-refractivity contribution in [2.45, 2.75) is 38.1 Å². The summed E-state index contributed by atoms with van der Waals surface area (Å²) in [5.41, 5.74) is 1.15. The number of rotatable bonds is 4. The highest BCUT2D eigenvalue weighted by atomic mass is 35.5. The highest BCUT2D eigenvalue weighted by Gasteiger charge is 2.20. The van der Waals surface area contributed by atoms with E-state index in [0.717, 1.165) is 5.69 Å². The largest absolute Gasteiger partial charge is 0.330 e. The zero-order valence-electron chi connectivity index (χ0n) is 9.90. The third kappa shape index (κ3) is 2.58. The van der Waals surface area contributed by atoms with Crippen molar-refractivity contribution >= 4 is 11.6 Å². The molecule has 1 saturated heterocycles. The van der Waals surface area contributed by atoms with E-state index < -0.39 is 0 Å². The molecule has 0 saturated carbocycles. The summed E-state index contributed by atoms with van der Waals surface area (Å²) in [5.74, 6) is 0.565. The van der Waals surface area contributed by atoms with Gasteiger partial charge in [0.05, 0.1) is 17.9 Å². The number of piperidine rings is 1. The van der Waals surface area contributed by atoms with Crippen LogP contribution in [0.3, 0.4) is 0 Å². The van der Waals surface area contributed by atoms with Crippen molar-refractivity contribution in [3.05, 3.63) is 18.2 Å². The first-order chi connectivity index (χ1) is 7.85. The first-order valence-corrected chi connectivity index (χ1v) is 6.67. The van der Waals surface area contributed by atoms with Gasteiger partial charge in [-0.1, -0.05) is 6.92 Å². The molecular formula is C12H20ClN3. The summed E-state index contributed by atoms with van der Waals surface area (Å²) in [5, 5.41) is 0. The normalized spacial score (nSPS) is 19.1. The van der Waals surface area contributed by atoms with E-state index in [4.69, 9.17) is 11.6 Å². The van der Waals surface area contributed by atoms with Gasteiger partial charge in [0.1, 0.15) is 0 Å². The molecule has 0 bridgehead atoms. The Bertz CT molecular complexity index is 316. The summed E-state index contributed by atoms with van der Waals surface area (Å²) in [6.07, 6.45) is 7.51. The minimum absolute atomic E-state index is 0.565. The monoisotopic (exact) mass is 241 g/mol. The number of halogens is 1. The van der Waals surface area contributed by atoms with Crippen LogP contribution in [0.25, 0.3) is 0 Å². The fraction of sp³-hybridized carbons (Fsp3) is 0.750. The maximum atomic E-state index is 5.90. The minimum atomic E-state index is 0.565. The third-order valence-electron chi connectivity index (χ3n) is 3.37. The van der Waals surface area contributed by atoms with E-state index in [1.54, 1.807) is 0 Å². The van der Waals surface area contributed by atoms with Crippen LogP contribution in [0.15, 0.2) is 12.5 Å². The van der Waals surface area contributed by atoms with E-state index in [9.17, 15) is 0 Å². The summed E-state index contributed by atoms with van der Waals surface area (Å²) >= 11 is 5.90. The molecule has 0 amide bonds. The quantitative estimate of drug-likeness (QED) is 0.756. The van der Waals surface area contributed by atoms with E-state index in [1.807, 2.05) is 12.5 Å². The summed E-state index contributed by atoms with van der Waals surface area (Å²) in [6, 6.07) is 0.601. The Balaban J connectivity index is 1.93. The average Bonchev–Trinajstić information content (AvgIpc) is 2.78. The molecule has 90 valence electrons. The lowest BCUT2D eigenvalue weighted by Gasteiger charge is -2.32. The molecule has 1 aromatic rings. The fourth-order valence-electron chi connectivity index (χ4n) is 2.50. The molecule has 3 nitrogen and oxygen atoms in total. The van der Waals surface area contributed by atoms with E-state index in [1.165, 1.54) is 38.9 Å². The molecule has 1 aromatic heterocycles. The van der Waals surface area contributed by atoms with Gasteiger partial charge in [0.25, 0.3) is 0 Å². The molecule has 1 fully saturated rings. The van der Waals surface area contributed by atoms with Gasteiger partial charge in [-0.15, -0.1) is 11.6 Å². The number of alkyl halides is 1. The number of nitrogens with zero attached hydrogens (tertiary/aromatic N) is 3. The van der Waals surface area contributed by atoms with Crippen molar-refractivity contribution in [1.82, 2.24) is 14.5 Å². The molecule has 0 spiro atoms. The SMILES string of the molecule is CCCN1CCC(n2cncc2CCl)CC1. The topological polar surface area (TPSA) is 21.1 Å². The molecule has 0 aromatic carbocycles. The molecule has 2 rings (SSSR count). The van der Waals surface area contributed by atoms with Crippen LogP contribution in [0, 0.1) is 0 Å². The molecular weight excluding hydrogens is 222 g/mol. The van der Waals surface area contributed by atoms with Crippen molar-refractivity contribution in [1.29, 1.82) is 0 Å². The smallest absolute Gasteiger partial charge is 0.0951 e. The predicted octanol–water partition coefficient (Wildman–Crippen LogP) is 2.67. The van der Waals surface area contributed by atoms with E-state index in [0.29, 0.717) is 11.9 Å². The van der Waals surface area contributed by atoms with Crippen LogP contribution < -0.4 is 0 Å². The first-order valence-electron chi connectivity index (χ1n) is 6.14. The molecule has 0 atom stereocenters. The lowest BCUT2D eigenvalue weighted by molar-refractivity contribution is 0.185. The summed E-state index contributed by atoms with van der Waals surface area (Å²) in [4.78, 5) is 6.74. The molecule has 4 heteroatoms. The van der Waals surface area contributed by atoms with E-state index >= 15 is 0 Å². The number of hydrogen-bond donors (Lipinski definition) is 0. The van der Waals surface area contributed by atoms with E-state index in [2.05, 4.69) is 21.4 Å². The van der Waals surface area contributed by atoms with Crippen LogP contribution in [0.4, 0.5) is 0 Å². The highest BCUT2D eigenvalue weighted by molar-refractivity contribution is 6.16. The van der Waals surface area contributed by atoms with Crippen LogP contribution in [-0.2, 0) is 5.88 Å². The molecule has 1 aliphatic heterocycles. The summed E-state index contributed by atoms with van der Waals surface area (Å²) < 4.78 is 2.26. The Labute approximate surface area is 102 Å². The molecule has 1 aliphatic rings. The lowest BCUT2D eigenvalue weighted by atomic mass is 10.0. The maximum absolute atomic E-state index is 5.90. The van der Waals surface area contributed by atoms with Gasteiger partial charge in [0.2, 0.25) is 0 Å². The van der Waals surface area contributed by atoms with Gasteiger partial charge < -0.3 is 9.47 Å². The van der Waals surface area contributed by atoms with Crippen LogP contribution in [-0.4, -0.2) is 34.1 Å². The Morgan fingerprint density at radius 3 is 2.81 bits per heavy atom. The number of likely N-dealkylation sites (tertiary alicyclic amines) is 1. The number of hydrogen-bond acceptors (Lipinski definition) is 2. The summed E-state index contributed by atoms with van der Waals surface area (Å²) in [7, 11) is 0. The third-order valence-corrected chi connectivity index (χ3v) is 3.65. The van der Waals surface area contributed by atoms with Crippen molar-refractivity contribution in [2.75, 3.05) is 19.6 Å². The summed E-state index contributed by atoms with van der Waals surface area (Å²) in [6.45, 7) is 5.89. The zero-order chi connectivity index (χ0) is 11.4. The van der Waals surface area contributed by atoms with Gasteiger partial charge in [-0.2, -0.15) is 0 Å². The second kappa shape index (κ2) is 5.69. The van der Waals surface area contributed by atoms with Crippen molar-refractivity contribution in [3.63, 3.8) is 0 Å². The number of aromatic nitrogens is 2. The van der Waals surface area contributed by atoms with Crippen molar-refractivity contribution in [2.24, 2.45) is 0 Å². The molecule has 0 unspecified atom stereocenters. The van der Waals surface area contributed by atoms with Gasteiger partial charge >= 0.3 is 0 Å². The van der Waals surface area contributed by atoms with Crippen molar-refractivity contribution < 1.29 is 0 Å². The molecule has 16 heavy (non-hydrogen) atoms. The minimum Gasteiger partial charge on any atom is -0.330 e. The van der Waals surface area contributed by atoms with Crippen LogP contribution in [0.1, 0.15) is 37.9 Å². The highest BCUT2D eigenvalue weighted by Crippen LogP contribution is 2.24.